The van der Waals surface area contributed by atoms with Crippen molar-refractivity contribution >= 4 is 13.7 Å². The monoisotopic (exact) mass is 986 g/mol. The van der Waals surface area contributed by atoms with Crippen LogP contribution in [0.3, 0.4) is 0 Å². The highest BCUT2D eigenvalue weighted by Gasteiger charge is 2.32. The van der Waals surface area contributed by atoms with Gasteiger partial charge in [0.2, 0.25) is 5.91 Å². The lowest BCUT2D eigenvalue weighted by atomic mass is 10.0. The van der Waals surface area contributed by atoms with E-state index in [9.17, 15) is 24.5 Å². The van der Waals surface area contributed by atoms with Gasteiger partial charge in [0.15, 0.2) is 0 Å². The molecule has 4 unspecified atom stereocenters. The highest BCUT2D eigenvalue weighted by atomic mass is 31.2. The minimum absolute atomic E-state index is 0.0195. The van der Waals surface area contributed by atoms with Gasteiger partial charge >= 0.3 is 7.82 Å². The van der Waals surface area contributed by atoms with Crippen molar-refractivity contribution in [1.82, 2.24) is 5.32 Å². The van der Waals surface area contributed by atoms with Crippen LogP contribution in [0.1, 0.15) is 296 Å². The molecule has 10 heteroatoms. The molecular formula is C58H118N2O7P+. The molecule has 0 bridgehead atoms. The van der Waals surface area contributed by atoms with Crippen LogP contribution in [0.15, 0.2) is 12.2 Å². The number of phosphoric acid groups is 1. The first kappa shape index (κ1) is 67.2. The Balaban J connectivity index is 4.04. The Morgan fingerprint density at radius 2 is 0.824 bits per heavy atom. The van der Waals surface area contributed by atoms with E-state index < -0.39 is 32.7 Å². The average Bonchev–Trinajstić information content (AvgIpc) is 3.30. The largest absolute Gasteiger partial charge is 0.472 e. The fourth-order valence-corrected chi connectivity index (χ4v) is 9.88. The van der Waals surface area contributed by atoms with E-state index in [4.69, 9.17) is 9.05 Å². The smallest absolute Gasteiger partial charge is 0.390 e. The van der Waals surface area contributed by atoms with Gasteiger partial charge < -0.3 is 24.9 Å². The fraction of sp³-hybridized carbons (Fsp3) is 0.948. The van der Waals surface area contributed by atoms with Crippen molar-refractivity contribution in [3.8, 4) is 0 Å². The lowest BCUT2D eigenvalue weighted by Gasteiger charge is -2.28. The molecule has 0 spiro atoms. The van der Waals surface area contributed by atoms with Gasteiger partial charge in [-0.3, -0.25) is 13.8 Å². The van der Waals surface area contributed by atoms with Crippen molar-refractivity contribution in [3.63, 3.8) is 0 Å². The minimum Gasteiger partial charge on any atom is -0.390 e. The average molecular weight is 987 g/mol. The van der Waals surface area contributed by atoms with Gasteiger partial charge in [0, 0.05) is 6.42 Å². The molecule has 4 atom stereocenters. The molecule has 0 aliphatic heterocycles. The highest BCUT2D eigenvalue weighted by Crippen LogP contribution is 2.43. The number of likely N-dealkylation sites (N-methyl/N-ethyl adjacent to an activating group) is 1. The molecule has 0 aliphatic rings. The standard InChI is InChI=1S/C58H117N2O7P/c1-6-8-10-12-14-16-18-20-21-22-23-24-25-26-27-28-29-30-31-32-33-34-35-36-37-38-39-41-43-45-47-49-51-57(62)59-55(54-67-68(64,65)66-53-52-60(3,4)5)58(63)56(61)50-48-46-44-42-40-19-17-15-13-11-9-7-2/h42,44,55-56,58,61,63H,6-41,43,45-54H2,1-5H3,(H-,59,62,64,65)/p+1/b44-42+. The first-order valence-corrected chi connectivity index (χ1v) is 31.1. The van der Waals surface area contributed by atoms with E-state index in [0.717, 1.165) is 32.1 Å². The number of unbranched alkanes of at least 4 members (excludes halogenated alkanes) is 39. The second-order valence-corrected chi connectivity index (χ2v) is 23.3. The molecule has 406 valence electrons. The molecule has 0 aromatic heterocycles. The molecule has 68 heavy (non-hydrogen) atoms. The van der Waals surface area contributed by atoms with Crippen LogP contribution >= 0.6 is 7.82 Å². The number of carbonyl (C=O) groups is 1. The number of phosphoric ester groups is 1. The maximum Gasteiger partial charge on any atom is 0.472 e. The SMILES string of the molecule is CCCCCCCCC/C=C/CCCC(O)C(O)C(COP(=O)(O)OCC[N+](C)(C)C)NC(=O)CCCCCCCCCCCCCCCCCCCCCCCCCCCCCCCCCC. The predicted molar refractivity (Wildman–Crippen MR) is 292 cm³/mol. The van der Waals surface area contributed by atoms with Crippen molar-refractivity contribution in [3.05, 3.63) is 12.2 Å². The lowest BCUT2D eigenvalue weighted by molar-refractivity contribution is -0.870. The summed E-state index contributed by atoms with van der Waals surface area (Å²) in [5.41, 5.74) is 0. The number of hydrogen-bond acceptors (Lipinski definition) is 6. The van der Waals surface area contributed by atoms with E-state index in [1.165, 1.54) is 231 Å². The van der Waals surface area contributed by atoms with Gasteiger partial charge in [-0.25, -0.2) is 4.57 Å². The Bertz CT molecular complexity index is 1130. The summed E-state index contributed by atoms with van der Waals surface area (Å²) in [6, 6.07) is -1.05. The van der Waals surface area contributed by atoms with Crippen LogP contribution in [-0.2, 0) is 18.4 Å². The van der Waals surface area contributed by atoms with Crippen molar-refractivity contribution in [2.24, 2.45) is 0 Å². The van der Waals surface area contributed by atoms with E-state index in [-0.39, 0.29) is 12.5 Å². The number of rotatable bonds is 55. The van der Waals surface area contributed by atoms with Crippen LogP contribution in [0.2, 0.25) is 0 Å². The second kappa shape index (κ2) is 49.8. The zero-order chi connectivity index (χ0) is 50.1. The van der Waals surface area contributed by atoms with Gasteiger partial charge in [0.1, 0.15) is 19.3 Å². The molecule has 0 aromatic carbocycles. The number of amides is 1. The molecule has 0 radical (unpaired) electrons. The molecule has 0 aliphatic carbocycles. The molecule has 0 rings (SSSR count). The predicted octanol–water partition coefficient (Wildman–Crippen LogP) is 16.8. The number of aliphatic hydroxyl groups excluding tert-OH is 2. The van der Waals surface area contributed by atoms with Crippen LogP contribution in [0.25, 0.3) is 0 Å². The van der Waals surface area contributed by atoms with E-state index in [0.29, 0.717) is 30.3 Å². The highest BCUT2D eigenvalue weighted by molar-refractivity contribution is 7.47. The zero-order valence-electron chi connectivity index (χ0n) is 46.0. The van der Waals surface area contributed by atoms with Gasteiger partial charge in [0.25, 0.3) is 0 Å². The van der Waals surface area contributed by atoms with Gasteiger partial charge in [-0.15, -0.1) is 0 Å². The summed E-state index contributed by atoms with van der Waals surface area (Å²) in [6.45, 7) is 4.62. The number of hydrogen-bond donors (Lipinski definition) is 4. The third-order valence-electron chi connectivity index (χ3n) is 13.9. The summed E-state index contributed by atoms with van der Waals surface area (Å²) >= 11 is 0. The van der Waals surface area contributed by atoms with Gasteiger partial charge in [-0.05, 0) is 38.5 Å². The molecule has 0 saturated heterocycles. The molecule has 0 saturated carbocycles. The number of nitrogens with one attached hydrogen (secondary N) is 1. The van der Waals surface area contributed by atoms with Gasteiger partial charge in [-0.1, -0.05) is 264 Å². The molecular weight excluding hydrogens is 868 g/mol. The van der Waals surface area contributed by atoms with Gasteiger partial charge in [-0.2, -0.15) is 0 Å². The normalized spacial score (nSPS) is 14.4. The maximum atomic E-state index is 13.0. The van der Waals surface area contributed by atoms with Crippen LogP contribution in [0, 0.1) is 0 Å². The van der Waals surface area contributed by atoms with Gasteiger partial charge in [0.05, 0.1) is 39.9 Å². The summed E-state index contributed by atoms with van der Waals surface area (Å²) in [4.78, 5) is 23.3. The summed E-state index contributed by atoms with van der Waals surface area (Å²) < 4.78 is 23.6. The first-order chi connectivity index (χ1) is 32.9. The second-order valence-electron chi connectivity index (χ2n) is 21.9. The zero-order valence-corrected chi connectivity index (χ0v) is 46.9. The summed E-state index contributed by atoms with van der Waals surface area (Å²) in [5, 5.41) is 24.8. The summed E-state index contributed by atoms with van der Waals surface area (Å²) in [6.07, 6.45) is 57.6. The lowest BCUT2D eigenvalue weighted by Crippen LogP contribution is -2.51. The maximum absolute atomic E-state index is 13.0. The number of carbonyl (C=O) groups excluding carboxylic acids is 1. The van der Waals surface area contributed by atoms with E-state index in [2.05, 4.69) is 31.3 Å². The molecule has 0 heterocycles. The van der Waals surface area contributed by atoms with Crippen molar-refractivity contribution in [2.75, 3.05) is 40.9 Å². The quantitative estimate of drug-likeness (QED) is 0.0207. The molecule has 0 fully saturated rings. The fourth-order valence-electron chi connectivity index (χ4n) is 9.15. The number of quaternary nitrogens is 1. The van der Waals surface area contributed by atoms with Crippen LogP contribution < -0.4 is 5.32 Å². The van der Waals surface area contributed by atoms with E-state index in [1.807, 2.05) is 21.1 Å². The third kappa shape index (κ3) is 50.2. The summed E-state index contributed by atoms with van der Waals surface area (Å²) in [5.74, 6) is -0.262. The first-order valence-electron chi connectivity index (χ1n) is 29.6. The Kier molecular flexibility index (Phi) is 49.2. The summed E-state index contributed by atoms with van der Waals surface area (Å²) in [7, 11) is 1.43. The van der Waals surface area contributed by atoms with Crippen molar-refractivity contribution < 1.29 is 38.0 Å². The number of aliphatic hydroxyl groups is 2. The van der Waals surface area contributed by atoms with Crippen LogP contribution in [0.4, 0.5) is 0 Å². The van der Waals surface area contributed by atoms with Crippen LogP contribution in [-0.4, -0.2) is 84.6 Å². The van der Waals surface area contributed by atoms with Crippen LogP contribution in [0.5, 0.6) is 0 Å². The Hall–Kier alpha value is -0.800. The van der Waals surface area contributed by atoms with E-state index >= 15 is 0 Å². The molecule has 0 aromatic rings. The molecule has 4 N–H and O–H groups in total. The molecule has 1 amide bonds. The minimum atomic E-state index is -4.42. The number of allylic oxidation sites excluding steroid dienone is 2. The topological polar surface area (TPSA) is 125 Å². The number of nitrogens with zero attached hydrogens (tertiary/aromatic N) is 1. The Morgan fingerprint density at radius 3 is 1.18 bits per heavy atom. The third-order valence-corrected chi connectivity index (χ3v) is 14.8. The van der Waals surface area contributed by atoms with E-state index in [1.54, 1.807) is 0 Å². The van der Waals surface area contributed by atoms with Crippen molar-refractivity contribution in [2.45, 2.75) is 315 Å². The van der Waals surface area contributed by atoms with Crippen molar-refractivity contribution in [1.29, 1.82) is 0 Å². The molecule has 9 nitrogen and oxygen atoms in total. The Labute approximate surface area is 423 Å². The Morgan fingerprint density at radius 1 is 0.500 bits per heavy atom.